The maximum atomic E-state index is 9.15. The summed E-state index contributed by atoms with van der Waals surface area (Å²) in [6, 6.07) is 7.82. The van der Waals surface area contributed by atoms with Gasteiger partial charge in [-0.05, 0) is 19.1 Å². The summed E-state index contributed by atoms with van der Waals surface area (Å²) in [5.41, 5.74) is 0. The monoisotopic (exact) mass is 217 g/mol. The molecular formula is C13H15NO2. The highest BCUT2D eigenvalue weighted by molar-refractivity contribution is 5.87. The number of aromatic nitrogens is 1. The third kappa shape index (κ3) is 2.49. The van der Waals surface area contributed by atoms with E-state index in [2.05, 4.69) is 4.98 Å². The van der Waals surface area contributed by atoms with Crippen LogP contribution in [0.4, 0.5) is 0 Å². The van der Waals surface area contributed by atoms with Gasteiger partial charge < -0.3 is 9.84 Å². The van der Waals surface area contributed by atoms with Crippen LogP contribution in [0.5, 0.6) is 5.75 Å². The number of pyridine rings is 1. The highest BCUT2D eigenvalue weighted by Crippen LogP contribution is 2.24. The van der Waals surface area contributed by atoms with Crippen LogP contribution in [0.3, 0.4) is 0 Å². The fraction of sp³-hybridized carbons (Fsp3) is 0.308. The minimum absolute atomic E-state index is 0.323. The van der Waals surface area contributed by atoms with Gasteiger partial charge in [0.25, 0.3) is 0 Å². The molecule has 3 nitrogen and oxygen atoms in total. The smallest absolute Gasteiger partial charge is 0.127 e. The zero-order valence-electron chi connectivity index (χ0n) is 9.26. The Hall–Kier alpha value is -1.61. The molecule has 0 aliphatic carbocycles. The predicted molar refractivity (Wildman–Crippen MR) is 63.5 cm³/mol. The van der Waals surface area contributed by atoms with Gasteiger partial charge in [-0.25, -0.2) is 0 Å². The molecule has 0 bridgehead atoms. The van der Waals surface area contributed by atoms with Crippen LogP contribution >= 0.6 is 0 Å². The second-order valence-corrected chi connectivity index (χ2v) is 3.84. The van der Waals surface area contributed by atoms with Crippen molar-refractivity contribution < 1.29 is 9.84 Å². The zero-order chi connectivity index (χ0) is 11.4. The van der Waals surface area contributed by atoms with Crippen LogP contribution in [0.1, 0.15) is 13.3 Å². The fourth-order valence-corrected chi connectivity index (χ4v) is 1.56. The van der Waals surface area contributed by atoms with Crippen LogP contribution in [0.15, 0.2) is 36.7 Å². The van der Waals surface area contributed by atoms with E-state index in [-0.39, 0.29) is 6.10 Å². The molecule has 1 unspecified atom stereocenters. The summed E-state index contributed by atoms with van der Waals surface area (Å²) in [6.07, 6.45) is 3.89. The molecule has 1 heterocycles. The number of nitrogens with zero attached hydrogens (tertiary/aromatic N) is 1. The lowest BCUT2D eigenvalue weighted by molar-refractivity contribution is 0.156. The Labute approximate surface area is 94.7 Å². The van der Waals surface area contributed by atoms with E-state index in [1.807, 2.05) is 30.5 Å². The number of fused-ring (bicyclic) bond motifs is 1. The lowest BCUT2D eigenvalue weighted by Crippen LogP contribution is -2.07. The molecule has 0 spiro atoms. The van der Waals surface area contributed by atoms with Crippen LogP contribution in [0, 0.1) is 0 Å². The molecule has 3 heteroatoms. The van der Waals surface area contributed by atoms with E-state index in [1.54, 1.807) is 13.1 Å². The molecular weight excluding hydrogens is 202 g/mol. The fourth-order valence-electron chi connectivity index (χ4n) is 1.56. The van der Waals surface area contributed by atoms with Gasteiger partial charge in [0.1, 0.15) is 5.75 Å². The first-order chi connectivity index (χ1) is 7.77. The Kier molecular flexibility index (Phi) is 3.37. The third-order valence-electron chi connectivity index (χ3n) is 2.43. The number of rotatable bonds is 4. The summed E-state index contributed by atoms with van der Waals surface area (Å²) < 4.78 is 5.64. The SMILES string of the molecule is CC(O)CCOc1cccc2cnccc12. The number of aliphatic hydroxyl groups excluding tert-OH is 1. The van der Waals surface area contributed by atoms with E-state index < -0.39 is 0 Å². The highest BCUT2D eigenvalue weighted by Gasteiger charge is 2.02. The van der Waals surface area contributed by atoms with Crippen LogP contribution < -0.4 is 4.74 Å². The molecule has 2 rings (SSSR count). The molecule has 0 amide bonds. The molecule has 0 saturated heterocycles. The molecule has 0 aliphatic heterocycles. The van der Waals surface area contributed by atoms with Crippen molar-refractivity contribution >= 4 is 10.8 Å². The molecule has 16 heavy (non-hydrogen) atoms. The van der Waals surface area contributed by atoms with Crippen LogP contribution in [0.2, 0.25) is 0 Å². The van der Waals surface area contributed by atoms with Crippen molar-refractivity contribution in [3.8, 4) is 5.75 Å². The number of benzene rings is 1. The second-order valence-electron chi connectivity index (χ2n) is 3.84. The number of hydrogen-bond donors (Lipinski definition) is 1. The van der Waals surface area contributed by atoms with E-state index >= 15 is 0 Å². The molecule has 1 N–H and O–H groups in total. The zero-order valence-corrected chi connectivity index (χ0v) is 9.26. The molecule has 0 fully saturated rings. The number of ether oxygens (including phenoxy) is 1. The Balaban J connectivity index is 2.17. The lowest BCUT2D eigenvalue weighted by Gasteiger charge is -2.09. The lowest BCUT2D eigenvalue weighted by atomic mass is 10.1. The van der Waals surface area contributed by atoms with E-state index in [4.69, 9.17) is 9.84 Å². The van der Waals surface area contributed by atoms with Crippen molar-refractivity contribution in [1.29, 1.82) is 0 Å². The van der Waals surface area contributed by atoms with Crippen molar-refractivity contribution in [1.82, 2.24) is 4.98 Å². The van der Waals surface area contributed by atoms with Gasteiger partial charge in [-0.1, -0.05) is 12.1 Å². The maximum absolute atomic E-state index is 9.15. The largest absolute Gasteiger partial charge is 0.493 e. The average Bonchev–Trinajstić information content (AvgIpc) is 2.29. The van der Waals surface area contributed by atoms with Crippen molar-refractivity contribution in [3.63, 3.8) is 0 Å². The minimum atomic E-state index is -0.323. The molecule has 2 aromatic rings. The van der Waals surface area contributed by atoms with Crippen LogP contribution in [-0.4, -0.2) is 22.8 Å². The van der Waals surface area contributed by atoms with E-state index in [1.165, 1.54) is 0 Å². The minimum Gasteiger partial charge on any atom is -0.493 e. The molecule has 0 saturated carbocycles. The first kappa shape index (κ1) is 10.9. The normalized spacial score (nSPS) is 12.6. The van der Waals surface area contributed by atoms with Gasteiger partial charge in [0, 0.05) is 29.6 Å². The second kappa shape index (κ2) is 4.94. The molecule has 1 aromatic heterocycles. The van der Waals surface area contributed by atoms with Crippen LogP contribution in [-0.2, 0) is 0 Å². The van der Waals surface area contributed by atoms with Crippen LogP contribution in [0.25, 0.3) is 10.8 Å². The summed E-state index contributed by atoms with van der Waals surface area (Å²) >= 11 is 0. The Morgan fingerprint density at radius 3 is 3.06 bits per heavy atom. The van der Waals surface area contributed by atoms with Crippen molar-refractivity contribution in [2.45, 2.75) is 19.4 Å². The summed E-state index contributed by atoms with van der Waals surface area (Å²) in [7, 11) is 0. The van der Waals surface area contributed by atoms with Gasteiger partial charge in [-0.3, -0.25) is 4.98 Å². The highest BCUT2D eigenvalue weighted by atomic mass is 16.5. The molecule has 0 radical (unpaired) electrons. The summed E-state index contributed by atoms with van der Waals surface area (Å²) in [6.45, 7) is 2.29. The van der Waals surface area contributed by atoms with Crippen molar-refractivity contribution in [3.05, 3.63) is 36.7 Å². The topological polar surface area (TPSA) is 42.4 Å². The molecule has 1 aromatic carbocycles. The quantitative estimate of drug-likeness (QED) is 0.855. The van der Waals surface area contributed by atoms with Crippen molar-refractivity contribution in [2.24, 2.45) is 0 Å². The summed E-state index contributed by atoms with van der Waals surface area (Å²) in [5, 5.41) is 11.3. The van der Waals surface area contributed by atoms with Gasteiger partial charge in [0.15, 0.2) is 0 Å². The van der Waals surface area contributed by atoms with Gasteiger partial charge in [-0.2, -0.15) is 0 Å². The molecule has 1 atom stereocenters. The Morgan fingerprint density at radius 1 is 1.38 bits per heavy atom. The Morgan fingerprint density at radius 2 is 2.25 bits per heavy atom. The average molecular weight is 217 g/mol. The maximum Gasteiger partial charge on any atom is 0.127 e. The van der Waals surface area contributed by atoms with Gasteiger partial charge in [0.2, 0.25) is 0 Å². The standard InChI is InChI=1S/C13H15NO2/c1-10(15)6-8-16-13-4-2-3-11-9-14-7-5-12(11)13/h2-5,7,9-10,15H,6,8H2,1H3. The number of aliphatic hydroxyl groups is 1. The van der Waals surface area contributed by atoms with E-state index in [9.17, 15) is 0 Å². The predicted octanol–water partition coefficient (Wildman–Crippen LogP) is 2.38. The first-order valence-corrected chi connectivity index (χ1v) is 5.41. The van der Waals surface area contributed by atoms with Gasteiger partial charge >= 0.3 is 0 Å². The third-order valence-corrected chi connectivity index (χ3v) is 2.43. The molecule has 84 valence electrons. The van der Waals surface area contributed by atoms with E-state index in [0.29, 0.717) is 13.0 Å². The summed E-state index contributed by atoms with van der Waals surface area (Å²) in [4.78, 5) is 4.07. The Bertz CT molecular complexity index is 463. The van der Waals surface area contributed by atoms with Gasteiger partial charge in [-0.15, -0.1) is 0 Å². The van der Waals surface area contributed by atoms with E-state index in [0.717, 1.165) is 16.5 Å². The molecule has 0 aliphatic rings. The number of hydrogen-bond acceptors (Lipinski definition) is 3. The van der Waals surface area contributed by atoms with Gasteiger partial charge in [0.05, 0.1) is 12.7 Å². The first-order valence-electron chi connectivity index (χ1n) is 5.41. The summed E-state index contributed by atoms with van der Waals surface area (Å²) in [5.74, 6) is 0.848. The van der Waals surface area contributed by atoms with Crippen molar-refractivity contribution in [2.75, 3.05) is 6.61 Å².